The highest BCUT2D eigenvalue weighted by Crippen LogP contribution is 2.37. The normalized spacial score (nSPS) is 23.1. The second-order valence-corrected chi connectivity index (χ2v) is 6.15. The molecule has 3 nitrogen and oxygen atoms in total. The zero-order valence-corrected chi connectivity index (χ0v) is 10.6. The molecule has 0 amide bonds. The van der Waals surface area contributed by atoms with Gasteiger partial charge in [-0.3, -0.25) is 4.90 Å². The molecule has 0 spiro atoms. The Labute approximate surface area is 101 Å². The molecule has 1 aliphatic heterocycles. The third-order valence-electron chi connectivity index (χ3n) is 3.86. The van der Waals surface area contributed by atoms with E-state index in [1.54, 1.807) is 0 Å². The molecule has 0 radical (unpaired) electrons. The first-order valence-electron chi connectivity index (χ1n) is 6.19. The van der Waals surface area contributed by atoms with Crippen molar-refractivity contribution < 1.29 is 0 Å². The number of thiazole rings is 1. The molecule has 1 aromatic heterocycles. The number of nitrogens with zero attached hydrogens (tertiary/aromatic N) is 2. The minimum Gasteiger partial charge on any atom is -0.325 e. The average molecular weight is 237 g/mol. The molecule has 1 saturated carbocycles. The van der Waals surface area contributed by atoms with Gasteiger partial charge in [0.15, 0.2) is 0 Å². The Morgan fingerprint density at radius 2 is 2.38 bits per heavy atom. The lowest BCUT2D eigenvalue weighted by molar-refractivity contribution is 0.171. The van der Waals surface area contributed by atoms with Crippen LogP contribution in [0.15, 0.2) is 0 Å². The van der Waals surface area contributed by atoms with Gasteiger partial charge in [0.05, 0.1) is 5.69 Å². The topological polar surface area (TPSA) is 42.1 Å². The lowest BCUT2D eigenvalue weighted by Gasteiger charge is -2.31. The molecule has 2 heterocycles. The summed E-state index contributed by atoms with van der Waals surface area (Å²) in [5.41, 5.74) is 6.94. The van der Waals surface area contributed by atoms with Crippen molar-refractivity contribution in [3.05, 3.63) is 15.6 Å². The van der Waals surface area contributed by atoms with Gasteiger partial charge in [-0.15, -0.1) is 11.3 Å². The van der Waals surface area contributed by atoms with Gasteiger partial charge < -0.3 is 5.73 Å². The molecular weight excluding hydrogens is 218 g/mol. The Kier molecular flexibility index (Phi) is 2.73. The van der Waals surface area contributed by atoms with Crippen LogP contribution in [0.1, 0.15) is 35.3 Å². The monoisotopic (exact) mass is 237 g/mol. The standard InChI is InChI=1S/C12H19N3S/c1-8(9-2-3-9)15-5-4-11-10(7-15)14-12(6-13)16-11/h8-9H,2-7,13H2,1H3. The third-order valence-corrected chi connectivity index (χ3v) is 5.04. The van der Waals surface area contributed by atoms with E-state index in [1.165, 1.54) is 36.4 Å². The highest BCUT2D eigenvalue weighted by Gasteiger charge is 2.34. The van der Waals surface area contributed by atoms with Gasteiger partial charge in [-0.25, -0.2) is 4.98 Å². The Morgan fingerprint density at radius 1 is 1.56 bits per heavy atom. The fourth-order valence-corrected chi connectivity index (χ4v) is 3.53. The van der Waals surface area contributed by atoms with Crippen LogP contribution in [-0.4, -0.2) is 22.5 Å². The summed E-state index contributed by atoms with van der Waals surface area (Å²) < 4.78 is 0. The molecule has 1 aromatic rings. The maximum absolute atomic E-state index is 5.65. The molecule has 1 atom stereocenters. The van der Waals surface area contributed by atoms with Crippen molar-refractivity contribution in [1.82, 2.24) is 9.88 Å². The fraction of sp³-hybridized carbons (Fsp3) is 0.750. The minimum absolute atomic E-state index is 0.593. The van der Waals surface area contributed by atoms with E-state index in [0.29, 0.717) is 6.54 Å². The Morgan fingerprint density at radius 3 is 3.06 bits per heavy atom. The largest absolute Gasteiger partial charge is 0.325 e. The van der Waals surface area contributed by atoms with Crippen molar-refractivity contribution in [3.63, 3.8) is 0 Å². The second-order valence-electron chi connectivity index (χ2n) is 4.98. The fourth-order valence-electron chi connectivity index (χ4n) is 2.58. The highest BCUT2D eigenvalue weighted by atomic mass is 32.1. The van der Waals surface area contributed by atoms with Gasteiger partial charge in [-0.2, -0.15) is 0 Å². The van der Waals surface area contributed by atoms with Crippen LogP contribution in [0.25, 0.3) is 0 Å². The van der Waals surface area contributed by atoms with E-state index in [9.17, 15) is 0 Å². The molecule has 2 N–H and O–H groups in total. The molecule has 1 unspecified atom stereocenters. The number of aromatic nitrogens is 1. The predicted octanol–water partition coefficient (Wildman–Crippen LogP) is 1.76. The summed E-state index contributed by atoms with van der Waals surface area (Å²) in [7, 11) is 0. The molecular formula is C12H19N3S. The van der Waals surface area contributed by atoms with Crippen LogP contribution in [0.3, 0.4) is 0 Å². The number of fused-ring (bicyclic) bond motifs is 1. The lowest BCUT2D eigenvalue weighted by atomic mass is 10.1. The van der Waals surface area contributed by atoms with Gasteiger partial charge in [0.2, 0.25) is 0 Å². The highest BCUT2D eigenvalue weighted by molar-refractivity contribution is 7.11. The van der Waals surface area contributed by atoms with Crippen molar-refractivity contribution in [2.24, 2.45) is 11.7 Å². The number of nitrogens with two attached hydrogens (primary N) is 1. The molecule has 16 heavy (non-hydrogen) atoms. The van der Waals surface area contributed by atoms with Crippen molar-refractivity contribution in [2.45, 2.75) is 45.3 Å². The molecule has 0 bridgehead atoms. The van der Waals surface area contributed by atoms with Gasteiger partial charge in [-0.1, -0.05) is 0 Å². The Hall–Kier alpha value is -0.450. The summed E-state index contributed by atoms with van der Waals surface area (Å²) in [6, 6.07) is 0.746. The first-order chi connectivity index (χ1) is 7.78. The van der Waals surface area contributed by atoms with Gasteiger partial charge in [-0.05, 0) is 32.1 Å². The van der Waals surface area contributed by atoms with E-state index in [1.807, 2.05) is 11.3 Å². The average Bonchev–Trinajstić information content (AvgIpc) is 3.06. The molecule has 0 aromatic carbocycles. The number of rotatable bonds is 3. The molecule has 2 aliphatic rings. The first kappa shape index (κ1) is 10.7. The van der Waals surface area contributed by atoms with Crippen molar-refractivity contribution in [2.75, 3.05) is 6.54 Å². The van der Waals surface area contributed by atoms with Crippen molar-refractivity contribution in [3.8, 4) is 0 Å². The summed E-state index contributed by atoms with van der Waals surface area (Å²) >= 11 is 1.81. The van der Waals surface area contributed by atoms with Gasteiger partial charge in [0.25, 0.3) is 0 Å². The lowest BCUT2D eigenvalue weighted by Crippen LogP contribution is -2.38. The summed E-state index contributed by atoms with van der Waals surface area (Å²) in [6.07, 6.45) is 4.02. The Balaban J connectivity index is 1.74. The molecule has 1 fully saturated rings. The van der Waals surface area contributed by atoms with Crippen LogP contribution in [0, 0.1) is 5.92 Å². The third kappa shape index (κ3) is 1.90. The number of hydrogen-bond acceptors (Lipinski definition) is 4. The summed E-state index contributed by atoms with van der Waals surface area (Å²) in [5, 5.41) is 1.10. The minimum atomic E-state index is 0.593. The van der Waals surface area contributed by atoms with Crippen LogP contribution in [-0.2, 0) is 19.5 Å². The van der Waals surface area contributed by atoms with Crippen LogP contribution in [0.4, 0.5) is 0 Å². The van der Waals surface area contributed by atoms with E-state index < -0.39 is 0 Å². The molecule has 3 rings (SSSR count). The quantitative estimate of drug-likeness (QED) is 0.871. The predicted molar refractivity (Wildman–Crippen MR) is 66.3 cm³/mol. The summed E-state index contributed by atoms with van der Waals surface area (Å²) in [6.45, 7) is 5.22. The zero-order chi connectivity index (χ0) is 11.1. The maximum Gasteiger partial charge on any atom is 0.107 e. The second kappa shape index (κ2) is 4.09. The Bertz CT molecular complexity index is 384. The van der Waals surface area contributed by atoms with E-state index in [0.717, 1.165) is 23.5 Å². The van der Waals surface area contributed by atoms with Crippen LogP contribution in [0.2, 0.25) is 0 Å². The van der Waals surface area contributed by atoms with E-state index in [-0.39, 0.29) is 0 Å². The zero-order valence-electron chi connectivity index (χ0n) is 9.78. The van der Waals surface area contributed by atoms with Crippen LogP contribution < -0.4 is 5.73 Å². The van der Waals surface area contributed by atoms with E-state index in [2.05, 4.69) is 16.8 Å². The van der Waals surface area contributed by atoms with Crippen LogP contribution in [0.5, 0.6) is 0 Å². The maximum atomic E-state index is 5.65. The molecule has 0 saturated heterocycles. The van der Waals surface area contributed by atoms with Crippen molar-refractivity contribution in [1.29, 1.82) is 0 Å². The summed E-state index contributed by atoms with van der Waals surface area (Å²) in [4.78, 5) is 8.70. The smallest absolute Gasteiger partial charge is 0.107 e. The van der Waals surface area contributed by atoms with Crippen molar-refractivity contribution >= 4 is 11.3 Å². The van der Waals surface area contributed by atoms with Gasteiger partial charge >= 0.3 is 0 Å². The molecule has 1 aliphatic carbocycles. The number of hydrogen-bond donors (Lipinski definition) is 1. The van der Waals surface area contributed by atoms with Gasteiger partial charge in [0, 0.05) is 30.6 Å². The van der Waals surface area contributed by atoms with E-state index >= 15 is 0 Å². The van der Waals surface area contributed by atoms with E-state index in [4.69, 9.17) is 5.73 Å². The summed E-state index contributed by atoms with van der Waals surface area (Å²) in [5.74, 6) is 0.953. The SMILES string of the molecule is CC(C1CC1)N1CCc2sc(CN)nc2C1. The van der Waals surface area contributed by atoms with Crippen LogP contribution >= 0.6 is 11.3 Å². The molecule has 88 valence electrons. The first-order valence-corrected chi connectivity index (χ1v) is 7.01. The molecule has 4 heteroatoms. The van der Waals surface area contributed by atoms with Gasteiger partial charge in [0.1, 0.15) is 5.01 Å².